The van der Waals surface area contributed by atoms with Gasteiger partial charge in [0.1, 0.15) is 73.2 Å². The van der Waals surface area contributed by atoms with Gasteiger partial charge in [0.15, 0.2) is 18.9 Å². The van der Waals surface area contributed by atoms with E-state index in [4.69, 9.17) is 28.4 Å². The van der Waals surface area contributed by atoms with Crippen LogP contribution in [0.5, 0.6) is 0 Å². The van der Waals surface area contributed by atoms with Crippen molar-refractivity contribution in [3.63, 3.8) is 0 Å². The van der Waals surface area contributed by atoms with Crippen molar-refractivity contribution in [1.29, 1.82) is 0 Å². The molecule has 0 aromatic carbocycles. The molecule has 3 aliphatic rings. The fourth-order valence-corrected chi connectivity index (χ4v) is 10.9. The van der Waals surface area contributed by atoms with Crippen LogP contribution in [0.1, 0.15) is 200 Å². The summed E-state index contributed by atoms with van der Waals surface area (Å²) < 4.78 is 34.2. The van der Waals surface area contributed by atoms with Gasteiger partial charge in [0, 0.05) is 6.42 Å². The molecule has 526 valence electrons. The summed E-state index contributed by atoms with van der Waals surface area (Å²) in [5.74, 6) is -0.297. The highest BCUT2D eigenvalue weighted by atomic mass is 16.8. The Morgan fingerprint density at radius 2 is 0.728 bits per heavy atom. The largest absolute Gasteiger partial charge is 0.394 e. The van der Waals surface area contributed by atoms with Gasteiger partial charge in [-0.3, -0.25) is 4.79 Å². The Kier molecular flexibility index (Phi) is 47.8. The van der Waals surface area contributed by atoms with Crippen molar-refractivity contribution in [2.24, 2.45) is 0 Å². The summed E-state index contributed by atoms with van der Waals surface area (Å²) in [4.78, 5) is 13.3. The second-order valence-corrected chi connectivity index (χ2v) is 24.2. The first kappa shape index (κ1) is 82.4. The van der Waals surface area contributed by atoms with Crippen LogP contribution in [0.25, 0.3) is 0 Å². The number of aliphatic hydroxyl groups excluding tert-OH is 11. The lowest BCUT2D eigenvalue weighted by atomic mass is 9.96. The van der Waals surface area contributed by atoms with Crippen molar-refractivity contribution in [1.82, 2.24) is 5.32 Å². The third-order valence-corrected chi connectivity index (χ3v) is 16.5. The third-order valence-electron chi connectivity index (χ3n) is 16.5. The van der Waals surface area contributed by atoms with Gasteiger partial charge in [-0.05, 0) is 96.3 Å². The highest BCUT2D eigenvalue weighted by Crippen LogP contribution is 2.33. The summed E-state index contributed by atoms with van der Waals surface area (Å²) in [6.45, 7) is 1.43. The number of amides is 1. The number of hydrogen-bond acceptors (Lipinski definition) is 18. The van der Waals surface area contributed by atoms with Gasteiger partial charge in [0.25, 0.3) is 0 Å². The quantitative estimate of drug-likeness (QED) is 0.0199. The normalized spacial score (nSPS) is 28.5. The van der Waals surface area contributed by atoms with Crippen LogP contribution in [0, 0.1) is 0 Å². The number of carbonyl (C=O) groups excluding carboxylic acids is 1. The molecular weight excluding hydrogens is 1180 g/mol. The van der Waals surface area contributed by atoms with Crippen molar-refractivity contribution in [3.05, 3.63) is 122 Å². The highest BCUT2D eigenvalue weighted by molar-refractivity contribution is 5.76. The fourth-order valence-electron chi connectivity index (χ4n) is 10.9. The maximum Gasteiger partial charge on any atom is 0.220 e. The summed E-state index contributed by atoms with van der Waals surface area (Å²) in [6, 6.07) is -1.00. The molecule has 3 heterocycles. The van der Waals surface area contributed by atoms with E-state index in [1.54, 1.807) is 6.08 Å². The fraction of sp³-hybridized carbons (Fsp3) is 0.712. The van der Waals surface area contributed by atoms with Crippen molar-refractivity contribution < 1.29 is 89.4 Å². The maximum atomic E-state index is 13.3. The molecule has 19 heteroatoms. The van der Waals surface area contributed by atoms with Crippen LogP contribution in [-0.2, 0) is 33.2 Å². The lowest BCUT2D eigenvalue weighted by Gasteiger charge is -2.48. The van der Waals surface area contributed by atoms with Crippen molar-refractivity contribution in [2.75, 3.05) is 26.4 Å². The summed E-state index contributed by atoms with van der Waals surface area (Å²) in [7, 11) is 0. The molecule has 3 fully saturated rings. The first-order valence-electron chi connectivity index (χ1n) is 34.8. The Labute approximate surface area is 550 Å². The van der Waals surface area contributed by atoms with Gasteiger partial charge >= 0.3 is 0 Å². The van der Waals surface area contributed by atoms with E-state index in [0.717, 1.165) is 103 Å². The molecule has 19 nitrogen and oxygen atoms in total. The molecule has 92 heavy (non-hydrogen) atoms. The van der Waals surface area contributed by atoms with E-state index in [-0.39, 0.29) is 18.9 Å². The average molecular weight is 1300 g/mol. The van der Waals surface area contributed by atoms with Crippen molar-refractivity contribution in [2.45, 2.75) is 304 Å². The van der Waals surface area contributed by atoms with Crippen molar-refractivity contribution >= 4 is 5.91 Å². The highest BCUT2D eigenvalue weighted by Gasteiger charge is 2.53. The number of aliphatic hydroxyl groups is 11. The van der Waals surface area contributed by atoms with Gasteiger partial charge in [0.05, 0.1) is 38.6 Å². The molecule has 17 atom stereocenters. The molecule has 0 saturated carbocycles. The maximum absolute atomic E-state index is 13.3. The lowest BCUT2D eigenvalue weighted by molar-refractivity contribution is -0.379. The SMILES string of the molecule is CC/C=C\C/C=C\C/C=C\C/C=C\C/C=C\C/C=C\C/C=C\CCCCCCCCCCCCCCCCCC(=O)NC(COC1OC(CO)C(OC2OC(CO)C(OC3OC(CO)C(O)C(O)C3O)C(O)C2O)C(O)C1O)C(O)/C=C/CC/C=C/CC/C=C/CC. The van der Waals surface area contributed by atoms with Crippen LogP contribution < -0.4 is 5.32 Å². The zero-order chi connectivity index (χ0) is 66.8. The van der Waals surface area contributed by atoms with Crippen LogP contribution in [0.2, 0.25) is 0 Å². The topological polar surface area (TPSA) is 307 Å². The average Bonchev–Trinajstić information content (AvgIpc) is 0.799. The van der Waals surface area contributed by atoms with E-state index < -0.39 is 124 Å². The Balaban J connectivity index is 1.32. The van der Waals surface area contributed by atoms with Gasteiger partial charge in [-0.25, -0.2) is 0 Å². The minimum atomic E-state index is -1.99. The molecule has 0 aromatic heterocycles. The minimum absolute atomic E-state index is 0.225. The van der Waals surface area contributed by atoms with Crippen LogP contribution in [-0.4, -0.2) is 193 Å². The van der Waals surface area contributed by atoms with Crippen LogP contribution >= 0.6 is 0 Å². The predicted octanol–water partition coefficient (Wildman–Crippen LogP) is 9.21. The molecule has 17 unspecified atom stereocenters. The summed E-state index contributed by atoms with van der Waals surface area (Å²) >= 11 is 0. The molecule has 3 aliphatic heterocycles. The Morgan fingerprint density at radius 3 is 1.17 bits per heavy atom. The number of rotatable bonds is 51. The first-order chi connectivity index (χ1) is 44.8. The molecule has 0 bridgehead atoms. The van der Waals surface area contributed by atoms with Gasteiger partial charge in [-0.1, -0.05) is 219 Å². The zero-order valence-corrected chi connectivity index (χ0v) is 55.5. The molecular formula is C73H121NO18. The van der Waals surface area contributed by atoms with E-state index in [0.29, 0.717) is 12.8 Å². The van der Waals surface area contributed by atoms with Crippen LogP contribution in [0.4, 0.5) is 0 Å². The molecule has 0 aliphatic carbocycles. The molecule has 12 N–H and O–H groups in total. The van der Waals surface area contributed by atoms with E-state index >= 15 is 0 Å². The monoisotopic (exact) mass is 1300 g/mol. The Bertz CT molecular complexity index is 2140. The number of nitrogens with one attached hydrogen (secondary N) is 1. The standard InChI is InChI=1S/C73H121NO18/c1-3-5-7-9-11-13-15-16-17-18-19-20-21-22-23-24-25-26-27-28-29-30-31-32-33-34-35-36-37-38-39-40-41-43-45-47-49-51-61(79)74-56(57(78)50-48-46-44-42-14-12-10-8-6-4-2)55-87-71-67(85)64(82)69(59(53-76)89-71)92-73-68(86)65(83)70(60(54-77)90-73)91-72-66(84)63(81)62(80)58(52-75)88-72/h5-8,11,13-14,16-17,19-20,22-23,25-26,28-29,42,48,50,56-60,62-73,75-78,80-86H,3-4,9-10,12,15,18,21,24,27,30-41,43-47,49,51-55H2,1-2H3,(H,74,79)/b7-5-,8-6+,13-11-,17-16-,20-19-,23-22-,26-25-,29-28-,42-14+,50-48+. The first-order valence-corrected chi connectivity index (χ1v) is 34.8. The Morgan fingerprint density at radius 1 is 0.391 bits per heavy atom. The van der Waals surface area contributed by atoms with Gasteiger partial charge in [0.2, 0.25) is 5.91 Å². The molecule has 0 aromatic rings. The number of ether oxygens (including phenoxy) is 6. The lowest BCUT2D eigenvalue weighted by Crippen LogP contribution is -2.66. The summed E-state index contributed by atoms with van der Waals surface area (Å²) in [6.07, 6.45) is 46.5. The number of allylic oxidation sites excluding steroid dienone is 19. The van der Waals surface area contributed by atoms with E-state index in [1.807, 2.05) is 6.08 Å². The van der Waals surface area contributed by atoms with Crippen LogP contribution in [0.3, 0.4) is 0 Å². The van der Waals surface area contributed by atoms with E-state index in [9.17, 15) is 61.0 Å². The third kappa shape index (κ3) is 34.7. The van der Waals surface area contributed by atoms with E-state index in [2.05, 4.69) is 129 Å². The van der Waals surface area contributed by atoms with E-state index in [1.165, 1.54) is 64.2 Å². The van der Waals surface area contributed by atoms with Gasteiger partial charge < -0.3 is 89.9 Å². The molecule has 0 radical (unpaired) electrons. The second kappa shape index (κ2) is 53.3. The van der Waals surface area contributed by atoms with Crippen molar-refractivity contribution in [3.8, 4) is 0 Å². The smallest absolute Gasteiger partial charge is 0.220 e. The van der Waals surface area contributed by atoms with Gasteiger partial charge in [-0.2, -0.15) is 0 Å². The predicted molar refractivity (Wildman–Crippen MR) is 360 cm³/mol. The Hall–Kier alpha value is -3.81. The molecule has 0 spiro atoms. The minimum Gasteiger partial charge on any atom is -0.394 e. The number of carbonyl (C=O) groups is 1. The molecule has 3 rings (SSSR count). The molecule has 1 amide bonds. The summed E-state index contributed by atoms with van der Waals surface area (Å²) in [5.41, 5.74) is 0. The zero-order valence-electron chi connectivity index (χ0n) is 55.5. The summed E-state index contributed by atoms with van der Waals surface area (Å²) in [5, 5.41) is 120. The number of unbranched alkanes of at least 4 members (excludes halogenated alkanes) is 17. The van der Waals surface area contributed by atoms with Gasteiger partial charge in [-0.15, -0.1) is 0 Å². The number of hydrogen-bond donors (Lipinski definition) is 12. The van der Waals surface area contributed by atoms with Crippen LogP contribution in [0.15, 0.2) is 122 Å². The second-order valence-electron chi connectivity index (χ2n) is 24.2. The molecule has 3 saturated heterocycles.